The Balaban J connectivity index is 1.65. The average Bonchev–Trinajstić information content (AvgIpc) is 2.49. The lowest BCUT2D eigenvalue weighted by atomic mass is 9.75. The smallest absolute Gasteiger partial charge is 0.103 e. The number of benzene rings is 1. The number of rotatable bonds is 3. The summed E-state index contributed by atoms with van der Waals surface area (Å²) in [6.45, 7) is 5.80. The van der Waals surface area contributed by atoms with Gasteiger partial charge < -0.3 is 5.73 Å². The quantitative estimate of drug-likeness (QED) is 0.864. The van der Waals surface area contributed by atoms with Crippen LogP contribution in [0, 0.1) is 18.8 Å². The first kappa shape index (κ1) is 15.0. The molecule has 1 aromatic carbocycles. The summed E-state index contributed by atoms with van der Waals surface area (Å²) in [7, 11) is 0. The molecular formula is C18H26N2S. The summed E-state index contributed by atoms with van der Waals surface area (Å²) in [6.07, 6.45) is 7.22. The lowest BCUT2D eigenvalue weighted by Crippen LogP contribution is -2.41. The van der Waals surface area contributed by atoms with Crippen molar-refractivity contribution in [3.05, 3.63) is 34.9 Å². The number of thiocarbonyl (C=S) groups is 1. The molecule has 0 amide bonds. The minimum absolute atomic E-state index is 0.493. The SMILES string of the molecule is Cc1cc(C(N)=S)ccc1CN1CCC2CCCCC2C1. The van der Waals surface area contributed by atoms with Crippen molar-refractivity contribution in [2.75, 3.05) is 13.1 Å². The van der Waals surface area contributed by atoms with Crippen molar-refractivity contribution in [2.24, 2.45) is 17.6 Å². The molecule has 0 radical (unpaired) electrons. The molecule has 2 unspecified atom stereocenters. The average molecular weight is 302 g/mol. The zero-order chi connectivity index (χ0) is 14.8. The molecule has 0 aromatic heterocycles. The molecule has 0 spiro atoms. The molecule has 21 heavy (non-hydrogen) atoms. The fourth-order valence-electron chi connectivity index (χ4n) is 4.09. The Hall–Kier alpha value is -0.930. The second kappa shape index (κ2) is 6.45. The highest BCUT2D eigenvalue weighted by Crippen LogP contribution is 2.36. The monoisotopic (exact) mass is 302 g/mol. The molecule has 3 heteroatoms. The molecule has 2 fully saturated rings. The van der Waals surface area contributed by atoms with Crippen LogP contribution in [-0.2, 0) is 6.54 Å². The summed E-state index contributed by atoms with van der Waals surface area (Å²) in [5.41, 5.74) is 9.43. The lowest BCUT2D eigenvalue weighted by Gasteiger charge is -2.41. The van der Waals surface area contributed by atoms with Crippen molar-refractivity contribution in [1.29, 1.82) is 0 Å². The van der Waals surface area contributed by atoms with Crippen LogP contribution >= 0.6 is 12.2 Å². The Morgan fingerprint density at radius 3 is 2.71 bits per heavy atom. The third-order valence-corrected chi connectivity index (χ3v) is 5.63. The molecule has 1 aromatic rings. The van der Waals surface area contributed by atoms with Gasteiger partial charge in [0.25, 0.3) is 0 Å². The van der Waals surface area contributed by atoms with Gasteiger partial charge in [0.1, 0.15) is 4.99 Å². The molecule has 1 aliphatic carbocycles. The van der Waals surface area contributed by atoms with Gasteiger partial charge >= 0.3 is 0 Å². The number of nitrogens with zero attached hydrogens (tertiary/aromatic N) is 1. The van der Waals surface area contributed by atoms with Crippen molar-refractivity contribution in [3.8, 4) is 0 Å². The van der Waals surface area contributed by atoms with Crippen molar-refractivity contribution >= 4 is 17.2 Å². The maximum Gasteiger partial charge on any atom is 0.103 e. The predicted molar refractivity (Wildman–Crippen MR) is 92.4 cm³/mol. The van der Waals surface area contributed by atoms with E-state index in [0.717, 1.165) is 23.9 Å². The van der Waals surface area contributed by atoms with Gasteiger partial charge in [0.05, 0.1) is 0 Å². The standard InChI is InChI=1S/C18H26N2S/c1-13-10-15(18(19)21)6-7-16(13)11-20-9-8-14-4-2-3-5-17(14)12-20/h6-7,10,14,17H,2-5,8-9,11-12H2,1H3,(H2,19,21). The molecule has 2 N–H and O–H groups in total. The molecule has 3 rings (SSSR count). The van der Waals surface area contributed by atoms with Crippen LogP contribution in [0.4, 0.5) is 0 Å². The zero-order valence-corrected chi connectivity index (χ0v) is 13.8. The van der Waals surface area contributed by atoms with Gasteiger partial charge in [-0.15, -0.1) is 0 Å². The summed E-state index contributed by atoms with van der Waals surface area (Å²) in [6, 6.07) is 6.40. The molecule has 0 bridgehead atoms. The van der Waals surface area contributed by atoms with Gasteiger partial charge in [-0.1, -0.05) is 43.6 Å². The molecule has 1 aliphatic heterocycles. The molecular weight excluding hydrogens is 276 g/mol. The Bertz CT molecular complexity index is 526. The van der Waals surface area contributed by atoms with Crippen LogP contribution in [0.25, 0.3) is 0 Å². The van der Waals surface area contributed by atoms with E-state index in [9.17, 15) is 0 Å². The highest BCUT2D eigenvalue weighted by Gasteiger charge is 2.30. The summed E-state index contributed by atoms with van der Waals surface area (Å²) >= 11 is 5.06. The molecule has 2 atom stereocenters. The fraction of sp³-hybridized carbons (Fsp3) is 0.611. The van der Waals surface area contributed by atoms with E-state index in [-0.39, 0.29) is 0 Å². The second-order valence-electron chi connectivity index (χ2n) is 6.83. The number of hydrogen-bond acceptors (Lipinski definition) is 2. The first-order chi connectivity index (χ1) is 10.1. The fourth-order valence-corrected chi connectivity index (χ4v) is 4.21. The third kappa shape index (κ3) is 3.46. The number of aryl methyl sites for hydroxylation is 1. The van der Waals surface area contributed by atoms with Crippen LogP contribution < -0.4 is 5.73 Å². The summed E-state index contributed by atoms with van der Waals surface area (Å²) in [4.78, 5) is 3.14. The minimum atomic E-state index is 0.493. The highest BCUT2D eigenvalue weighted by molar-refractivity contribution is 7.80. The summed E-state index contributed by atoms with van der Waals surface area (Å²) in [5.74, 6) is 1.96. The molecule has 2 nitrogen and oxygen atoms in total. The van der Waals surface area contributed by atoms with Gasteiger partial charge in [0, 0.05) is 18.7 Å². The first-order valence-electron chi connectivity index (χ1n) is 8.25. The van der Waals surface area contributed by atoms with E-state index in [1.54, 1.807) is 0 Å². The van der Waals surface area contributed by atoms with Crippen molar-refractivity contribution in [2.45, 2.75) is 45.6 Å². The van der Waals surface area contributed by atoms with E-state index >= 15 is 0 Å². The van der Waals surface area contributed by atoms with E-state index in [2.05, 4.69) is 30.0 Å². The van der Waals surface area contributed by atoms with Crippen molar-refractivity contribution in [1.82, 2.24) is 4.90 Å². The van der Waals surface area contributed by atoms with E-state index in [1.165, 1.54) is 56.3 Å². The largest absolute Gasteiger partial charge is 0.389 e. The van der Waals surface area contributed by atoms with Crippen LogP contribution in [-0.4, -0.2) is 23.0 Å². The van der Waals surface area contributed by atoms with E-state index in [1.807, 2.05) is 0 Å². The van der Waals surface area contributed by atoms with Crippen LogP contribution in [0.15, 0.2) is 18.2 Å². The molecule has 114 valence electrons. The maximum atomic E-state index is 5.71. The van der Waals surface area contributed by atoms with E-state index in [4.69, 9.17) is 18.0 Å². The van der Waals surface area contributed by atoms with Gasteiger partial charge in [-0.2, -0.15) is 0 Å². The van der Waals surface area contributed by atoms with Gasteiger partial charge in [0.2, 0.25) is 0 Å². The number of likely N-dealkylation sites (tertiary alicyclic amines) is 1. The van der Waals surface area contributed by atoms with Gasteiger partial charge in [-0.05, 0) is 55.3 Å². The zero-order valence-electron chi connectivity index (χ0n) is 13.0. The summed E-state index contributed by atoms with van der Waals surface area (Å²) in [5, 5.41) is 0. The number of piperidine rings is 1. The van der Waals surface area contributed by atoms with Gasteiger partial charge in [-0.3, -0.25) is 4.90 Å². The molecule has 1 heterocycles. The van der Waals surface area contributed by atoms with Crippen LogP contribution in [0.5, 0.6) is 0 Å². The molecule has 1 saturated heterocycles. The van der Waals surface area contributed by atoms with Crippen LogP contribution in [0.2, 0.25) is 0 Å². The summed E-state index contributed by atoms with van der Waals surface area (Å²) < 4.78 is 0. The Labute approximate surface area is 133 Å². The van der Waals surface area contributed by atoms with Gasteiger partial charge in [-0.25, -0.2) is 0 Å². The normalized spacial score (nSPS) is 26.3. The molecule has 1 saturated carbocycles. The predicted octanol–water partition coefficient (Wildman–Crippen LogP) is 3.64. The lowest BCUT2D eigenvalue weighted by molar-refractivity contribution is 0.0819. The number of nitrogens with two attached hydrogens (primary N) is 1. The van der Waals surface area contributed by atoms with Crippen molar-refractivity contribution < 1.29 is 0 Å². The molecule has 2 aliphatic rings. The Morgan fingerprint density at radius 1 is 1.24 bits per heavy atom. The van der Waals surface area contributed by atoms with E-state index < -0.39 is 0 Å². The number of hydrogen-bond donors (Lipinski definition) is 1. The topological polar surface area (TPSA) is 29.3 Å². The van der Waals surface area contributed by atoms with Gasteiger partial charge in [0.15, 0.2) is 0 Å². The minimum Gasteiger partial charge on any atom is -0.389 e. The number of fused-ring (bicyclic) bond motifs is 1. The Morgan fingerprint density at radius 2 is 2.00 bits per heavy atom. The highest BCUT2D eigenvalue weighted by atomic mass is 32.1. The third-order valence-electron chi connectivity index (χ3n) is 5.40. The second-order valence-corrected chi connectivity index (χ2v) is 7.27. The maximum absolute atomic E-state index is 5.71. The van der Waals surface area contributed by atoms with Crippen LogP contribution in [0.1, 0.15) is 48.8 Å². The van der Waals surface area contributed by atoms with E-state index in [0.29, 0.717) is 4.99 Å². The Kier molecular flexibility index (Phi) is 4.60. The van der Waals surface area contributed by atoms with Crippen molar-refractivity contribution in [3.63, 3.8) is 0 Å². The van der Waals surface area contributed by atoms with Crippen LogP contribution in [0.3, 0.4) is 0 Å². The first-order valence-corrected chi connectivity index (χ1v) is 8.66.